The van der Waals surface area contributed by atoms with Gasteiger partial charge in [-0.3, -0.25) is 5.41 Å². The van der Waals surface area contributed by atoms with Gasteiger partial charge in [0.1, 0.15) is 12.2 Å². The van der Waals surface area contributed by atoms with E-state index in [9.17, 15) is 8.42 Å². The van der Waals surface area contributed by atoms with Crippen molar-refractivity contribution in [1.29, 1.82) is 5.41 Å². The van der Waals surface area contributed by atoms with E-state index in [-0.39, 0.29) is 8.73 Å². The van der Waals surface area contributed by atoms with E-state index in [0.29, 0.717) is 0 Å². The van der Waals surface area contributed by atoms with Gasteiger partial charge in [0.05, 0.1) is 7.11 Å². The summed E-state index contributed by atoms with van der Waals surface area (Å²) >= 11 is 2.00. The highest BCUT2D eigenvalue weighted by molar-refractivity contribution is 14.1. The molecule has 0 spiro atoms. The summed E-state index contributed by atoms with van der Waals surface area (Å²) in [6.45, 7) is 1.78. The molecule has 0 fully saturated rings. The minimum absolute atomic E-state index is 0.119. The van der Waals surface area contributed by atoms with Crippen LogP contribution in [-0.2, 0) is 13.8 Å². The summed E-state index contributed by atoms with van der Waals surface area (Å²) in [5.74, 6) is -0.455. The third-order valence-electron chi connectivity index (χ3n) is 1.32. The second-order valence-electron chi connectivity index (χ2n) is 2.28. The van der Waals surface area contributed by atoms with Gasteiger partial charge in [-0.15, -0.1) is 0 Å². The second-order valence-corrected chi connectivity index (χ2v) is 6.25. The van der Waals surface area contributed by atoms with Crippen molar-refractivity contribution in [3.63, 3.8) is 0 Å². The van der Waals surface area contributed by atoms with E-state index in [4.69, 9.17) is 16.1 Å². The molecule has 0 aliphatic rings. The first-order valence-corrected chi connectivity index (χ1v) is 7.11. The third kappa shape index (κ3) is 4.65. The zero-order chi connectivity index (χ0) is 11.4. The summed E-state index contributed by atoms with van der Waals surface area (Å²) in [6, 6.07) is 0. The number of nitrogens with one attached hydrogen (secondary N) is 1. The van der Waals surface area contributed by atoms with E-state index in [1.165, 1.54) is 13.2 Å². The van der Waals surface area contributed by atoms with Crippen LogP contribution >= 0.6 is 33.3 Å². The van der Waals surface area contributed by atoms with E-state index < -0.39 is 14.9 Å². The Balaban J connectivity index is 5.13. The number of allylic oxidation sites excluding steroid dienone is 1. The van der Waals surface area contributed by atoms with Crippen molar-refractivity contribution in [3.8, 4) is 0 Å². The Bertz CT molecular complexity index is 343. The van der Waals surface area contributed by atoms with Crippen molar-refractivity contribution in [2.24, 2.45) is 0 Å². The van der Waals surface area contributed by atoms with Crippen LogP contribution in [0, 0.1) is 5.41 Å². The molecule has 8 heteroatoms. The predicted molar refractivity (Wildman–Crippen MR) is 67.0 cm³/mol. The van der Waals surface area contributed by atoms with Gasteiger partial charge in [-0.2, -0.15) is 0 Å². The van der Waals surface area contributed by atoms with Crippen LogP contribution < -0.4 is 0 Å². The van der Waals surface area contributed by atoms with Gasteiger partial charge in [-0.25, -0.2) is 8.42 Å². The van der Waals surface area contributed by atoms with Crippen molar-refractivity contribution in [1.82, 2.24) is 0 Å². The summed E-state index contributed by atoms with van der Waals surface area (Å²) in [5.41, 5.74) is 0. The van der Waals surface area contributed by atoms with Crippen LogP contribution in [0.25, 0.3) is 0 Å². The van der Waals surface area contributed by atoms with Crippen molar-refractivity contribution in [2.45, 2.75) is 10.6 Å². The molecular formula is C6H9BClINO3S. The van der Waals surface area contributed by atoms with Gasteiger partial charge >= 0.3 is 0 Å². The van der Waals surface area contributed by atoms with Gasteiger partial charge in [0, 0.05) is 14.5 Å². The Morgan fingerprint density at radius 2 is 2.21 bits per heavy atom. The van der Waals surface area contributed by atoms with Gasteiger partial charge in [0.2, 0.25) is 5.90 Å². The highest BCUT2D eigenvalue weighted by atomic mass is 127. The van der Waals surface area contributed by atoms with E-state index >= 15 is 0 Å². The molecule has 0 bridgehead atoms. The number of methoxy groups -OCH3 is 1. The molecule has 79 valence electrons. The standard InChI is InChI=1S/C6H9BClINO3S/c1-7-5(9)3-4(6(10)13-2)14(8,11)12/h3,5,10H,1-2H3/b4-3+,10-6?. The van der Waals surface area contributed by atoms with Gasteiger partial charge < -0.3 is 4.74 Å². The first-order valence-electron chi connectivity index (χ1n) is 3.56. The fourth-order valence-corrected chi connectivity index (χ4v) is 2.19. The lowest BCUT2D eigenvalue weighted by Crippen LogP contribution is -2.13. The Labute approximate surface area is 102 Å². The van der Waals surface area contributed by atoms with Crippen LogP contribution in [0.5, 0.6) is 0 Å². The minimum atomic E-state index is -3.92. The largest absolute Gasteiger partial charge is 0.480 e. The molecule has 0 amide bonds. The van der Waals surface area contributed by atoms with Crippen molar-refractivity contribution in [3.05, 3.63) is 11.0 Å². The van der Waals surface area contributed by atoms with E-state index in [1.807, 2.05) is 22.6 Å². The van der Waals surface area contributed by atoms with Gasteiger partial charge in [-0.1, -0.05) is 35.5 Å². The molecule has 0 saturated carbocycles. The molecule has 14 heavy (non-hydrogen) atoms. The van der Waals surface area contributed by atoms with Crippen LogP contribution in [0.2, 0.25) is 6.82 Å². The zero-order valence-electron chi connectivity index (χ0n) is 7.62. The Hall–Kier alpha value is 0.245. The molecule has 1 unspecified atom stereocenters. The molecule has 1 radical (unpaired) electrons. The maximum absolute atomic E-state index is 11.0. The molecule has 0 aliphatic carbocycles. The van der Waals surface area contributed by atoms with Crippen LogP contribution in [-0.4, -0.2) is 32.5 Å². The molecular weight excluding hydrogens is 339 g/mol. The van der Waals surface area contributed by atoms with Crippen molar-refractivity contribution < 1.29 is 13.2 Å². The molecule has 0 aromatic carbocycles. The van der Waals surface area contributed by atoms with Crippen molar-refractivity contribution in [2.75, 3.05) is 7.11 Å². The van der Waals surface area contributed by atoms with Crippen LogP contribution in [0.15, 0.2) is 11.0 Å². The Morgan fingerprint density at radius 3 is 2.50 bits per heavy atom. The Kier molecular flexibility index (Phi) is 6.07. The average molecular weight is 348 g/mol. The number of alkyl halides is 1. The fraction of sp³-hybridized carbons (Fsp3) is 0.500. The maximum Gasteiger partial charge on any atom is 0.266 e. The van der Waals surface area contributed by atoms with Crippen LogP contribution in [0.3, 0.4) is 0 Å². The quantitative estimate of drug-likeness (QED) is 0.209. The van der Waals surface area contributed by atoms with Gasteiger partial charge in [0.15, 0.2) is 0 Å². The summed E-state index contributed by atoms with van der Waals surface area (Å²) in [4.78, 5) is -0.306. The number of rotatable bonds is 4. The minimum Gasteiger partial charge on any atom is -0.480 e. The van der Waals surface area contributed by atoms with E-state index in [2.05, 4.69) is 4.74 Å². The number of halogens is 2. The smallest absolute Gasteiger partial charge is 0.266 e. The van der Waals surface area contributed by atoms with Gasteiger partial charge in [0.25, 0.3) is 9.05 Å². The molecule has 0 aromatic heterocycles. The first-order chi connectivity index (χ1) is 6.32. The lowest BCUT2D eigenvalue weighted by molar-refractivity contribution is 0.401. The summed E-state index contributed by atoms with van der Waals surface area (Å²) in [5, 5.41) is 7.25. The maximum atomic E-state index is 11.0. The molecule has 0 heterocycles. The zero-order valence-corrected chi connectivity index (χ0v) is 11.4. The third-order valence-corrected chi connectivity index (χ3v) is 3.74. The molecule has 0 aliphatic heterocycles. The fourth-order valence-electron chi connectivity index (χ4n) is 0.609. The molecule has 1 atom stereocenters. The molecule has 0 saturated heterocycles. The van der Waals surface area contributed by atoms with E-state index in [0.717, 1.165) is 0 Å². The topological polar surface area (TPSA) is 67.2 Å². The summed E-state index contributed by atoms with van der Waals surface area (Å²) in [7, 11) is 4.21. The normalized spacial score (nSPS) is 14.7. The average Bonchev–Trinajstić information content (AvgIpc) is 2.10. The molecule has 0 aromatic rings. The number of hydrogen-bond acceptors (Lipinski definition) is 4. The highest BCUT2D eigenvalue weighted by Crippen LogP contribution is 2.16. The van der Waals surface area contributed by atoms with Crippen LogP contribution in [0.1, 0.15) is 0 Å². The highest BCUT2D eigenvalue weighted by Gasteiger charge is 2.21. The number of ether oxygens (including phenoxy) is 1. The van der Waals surface area contributed by atoms with Crippen molar-refractivity contribution >= 4 is 55.5 Å². The summed E-state index contributed by atoms with van der Waals surface area (Å²) in [6.07, 6.45) is 1.36. The monoisotopic (exact) mass is 348 g/mol. The molecule has 4 nitrogen and oxygen atoms in total. The lowest BCUT2D eigenvalue weighted by atomic mass is 9.78. The first kappa shape index (κ1) is 14.2. The predicted octanol–water partition coefficient (Wildman–Crippen LogP) is 1.58. The Morgan fingerprint density at radius 1 is 1.71 bits per heavy atom. The van der Waals surface area contributed by atoms with Crippen LogP contribution in [0.4, 0.5) is 0 Å². The molecule has 0 rings (SSSR count). The summed E-state index contributed by atoms with van der Waals surface area (Å²) < 4.78 is 26.5. The number of hydrogen-bond donors (Lipinski definition) is 1. The van der Waals surface area contributed by atoms with Gasteiger partial charge in [-0.05, 0) is 0 Å². The second kappa shape index (κ2) is 5.97. The lowest BCUT2D eigenvalue weighted by Gasteiger charge is -2.06. The molecule has 1 N–H and O–H groups in total. The SMILES string of the molecule is C[B]C(I)/C=C(\C(=N)OC)S(=O)(=O)Cl. The van der Waals surface area contributed by atoms with E-state index in [1.54, 1.807) is 14.1 Å².